The summed E-state index contributed by atoms with van der Waals surface area (Å²) in [7, 11) is 3.50. The quantitative estimate of drug-likeness (QED) is 0.663. The summed E-state index contributed by atoms with van der Waals surface area (Å²) in [5.74, 6) is 5.88. The van der Waals surface area contributed by atoms with E-state index in [4.69, 9.17) is 9.84 Å². The van der Waals surface area contributed by atoms with Crippen LogP contribution in [-0.2, 0) is 23.2 Å². The number of amides is 1. The zero-order valence-electron chi connectivity index (χ0n) is 18.4. The molecule has 0 radical (unpaired) electrons. The van der Waals surface area contributed by atoms with Crippen LogP contribution in [0.4, 0.5) is 4.79 Å². The number of pyridine rings is 1. The molecule has 9 nitrogen and oxygen atoms in total. The Kier molecular flexibility index (Phi) is 6.12. The largest absolute Gasteiger partial charge is 0.481 e. The zero-order chi connectivity index (χ0) is 22.7. The van der Waals surface area contributed by atoms with Gasteiger partial charge in [0.05, 0.1) is 12.1 Å². The van der Waals surface area contributed by atoms with Gasteiger partial charge in [-0.3, -0.25) is 9.78 Å². The number of hydrogen-bond acceptors (Lipinski definition) is 6. The molecule has 0 atom stereocenters. The van der Waals surface area contributed by atoms with E-state index in [9.17, 15) is 9.59 Å². The number of rotatable bonds is 7. The number of aliphatic carboxylic acids is 1. The van der Waals surface area contributed by atoms with Crippen LogP contribution in [0.2, 0.25) is 0 Å². The van der Waals surface area contributed by atoms with E-state index in [2.05, 4.69) is 27.1 Å². The van der Waals surface area contributed by atoms with Crippen LogP contribution >= 0.6 is 0 Å². The number of ether oxygens (including phenoxy) is 1. The molecular formula is C23H27N5O4. The first-order valence-electron chi connectivity index (χ1n) is 10.8. The number of hydrogen-bond donors (Lipinski definition) is 1. The molecule has 168 valence electrons. The van der Waals surface area contributed by atoms with Crippen molar-refractivity contribution in [3.63, 3.8) is 0 Å². The lowest BCUT2D eigenvalue weighted by molar-refractivity contribution is -0.137. The maximum atomic E-state index is 12.3. The third-order valence-electron chi connectivity index (χ3n) is 6.16. The van der Waals surface area contributed by atoms with Gasteiger partial charge >= 0.3 is 12.1 Å². The monoisotopic (exact) mass is 437 g/mol. The van der Waals surface area contributed by atoms with Crippen molar-refractivity contribution in [2.75, 3.05) is 13.6 Å². The zero-order valence-corrected chi connectivity index (χ0v) is 18.4. The Morgan fingerprint density at radius 2 is 2.12 bits per heavy atom. The molecule has 0 bridgehead atoms. The van der Waals surface area contributed by atoms with Crippen molar-refractivity contribution >= 4 is 12.1 Å². The van der Waals surface area contributed by atoms with Gasteiger partial charge in [0.25, 0.3) is 0 Å². The Morgan fingerprint density at radius 1 is 1.34 bits per heavy atom. The third kappa shape index (κ3) is 5.07. The SMILES string of the molecule is CN(CC1CCC1)C(=O)OCc1c(-c2ccc(C#CC3(CC(=O)O)CC3)cn2)nnn1C. The van der Waals surface area contributed by atoms with E-state index in [0.717, 1.165) is 12.8 Å². The fourth-order valence-electron chi connectivity index (χ4n) is 3.71. The lowest BCUT2D eigenvalue weighted by Gasteiger charge is -2.29. The molecule has 2 aliphatic carbocycles. The summed E-state index contributed by atoms with van der Waals surface area (Å²) in [5.41, 5.74) is 2.12. The Balaban J connectivity index is 1.40. The van der Waals surface area contributed by atoms with E-state index in [1.165, 1.54) is 19.3 Å². The van der Waals surface area contributed by atoms with Crippen molar-refractivity contribution in [3.8, 4) is 23.2 Å². The molecule has 2 saturated carbocycles. The van der Waals surface area contributed by atoms with Crippen LogP contribution < -0.4 is 0 Å². The average Bonchev–Trinajstić information content (AvgIpc) is 3.40. The van der Waals surface area contributed by atoms with Crippen LogP contribution in [0.15, 0.2) is 18.3 Å². The van der Waals surface area contributed by atoms with Crippen LogP contribution in [0.1, 0.15) is 49.8 Å². The van der Waals surface area contributed by atoms with Gasteiger partial charge < -0.3 is 14.7 Å². The molecule has 1 amide bonds. The van der Waals surface area contributed by atoms with E-state index in [0.29, 0.717) is 35.1 Å². The van der Waals surface area contributed by atoms with Gasteiger partial charge in [0, 0.05) is 37.8 Å². The summed E-state index contributed by atoms with van der Waals surface area (Å²) >= 11 is 0. The number of carbonyl (C=O) groups excluding carboxylic acids is 1. The van der Waals surface area contributed by atoms with Crippen LogP contribution in [0.3, 0.4) is 0 Å². The molecule has 2 aromatic heterocycles. The van der Waals surface area contributed by atoms with Crippen molar-refractivity contribution in [1.29, 1.82) is 0 Å². The molecule has 2 aromatic rings. The van der Waals surface area contributed by atoms with Gasteiger partial charge in [-0.1, -0.05) is 23.5 Å². The summed E-state index contributed by atoms with van der Waals surface area (Å²) in [6.07, 6.45) is 6.54. The Morgan fingerprint density at radius 3 is 2.72 bits per heavy atom. The summed E-state index contributed by atoms with van der Waals surface area (Å²) in [4.78, 5) is 29.4. The highest BCUT2D eigenvalue weighted by molar-refractivity contribution is 5.69. The molecule has 2 fully saturated rings. The maximum absolute atomic E-state index is 12.3. The molecular weight excluding hydrogens is 410 g/mol. The number of carboxylic acid groups (broad SMARTS) is 1. The number of carboxylic acids is 1. The molecule has 1 N–H and O–H groups in total. The number of carbonyl (C=O) groups is 2. The minimum absolute atomic E-state index is 0.0492. The molecule has 4 rings (SSSR count). The highest BCUT2D eigenvalue weighted by Gasteiger charge is 2.43. The van der Waals surface area contributed by atoms with Crippen LogP contribution in [-0.4, -0.2) is 55.6 Å². The smallest absolute Gasteiger partial charge is 0.409 e. The Labute approximate surface area is 186 Å². The summed E-state index contributed by atoms with van der Waals surface area (Å²) in [5, 5.41) is 17.2. The fraction of sp³-hybridized carbons (Fsp3) is 0.522. The van der Waals surface area contributed by atoms with Gasteiger partial charge in [-0.05, 0) is 43.7 Å². The molecule has 0 aliphatic heterocycles. The second kappa shape index (κ2) is 8.99. The van der Waals surface area contributed by atoms with E-state index < -0.39 is 11.4 Å². The maximum Gasteiger partial charge on any atom is 0.409 e. The van der Waals surface area contributed by atoms with Crippen LogP contribution in [0.25, 0.3) is 11.4 Å². The molecule has 9 heteroatoms. The molecule has 2 aliphatic rings. The van der Waals surface area contributed by atoms with Gasteiger partial charge in [-0.25, -0.2) is 9.48 Å². The predicted molar refractivity (Wildman–Crippen MR) is 115 cm³/mol. The molecule has 0 spiro atoms. The van der Waals surface area contributed by atoms with Gasteiger partial charge in [0.2, 0.25) is 0 Å². The van der Waals surface area contributed by atoms with Crippen molar-refractivity contribution in [2.24, 2.45) is 18.4 Å². The first kappa shape index (κ1) is 21.8. The van der Waals surface area contributed by atoms with Gasteiger partial charge in [-0.15, -0.1) is 5.10 Å². The summed E-state index contributed by atoms with van der Waals surface area (Å²) in [6.45, 7) is 0.765. The standard InChI is InChI=1S/C23H27N5O4/c1-27(14-17-4-3-5-17)22(31)32-15-19-21(25-26-28(19)2)18-7-6-16(13-24-18)8-9-23(10-11-23)12-20(29)30/h6-7,13,17H,3-5,10-12,14-15H2,1-2H3,(H,29,30). The second-order valence-corrected chi connectivity index (χ2v) is 8.77. The molecule has 0 unspecified atom stereocenters. The van der Waals surface area contributed by atoms with Crippen molar-refractivity contribution in [1.82, 2.24) is 24.9 Å². The number of nitrogens with zero attached hydrogens (tertiary/aromatic N) is 5. The van der Waals surface area contributed by atoms with Gasteiger partial charge in [-0.2, -0.15) is 0 Å². The predicted octanol–water partition coefficient (Wildman–Crippen LogP) is 2.85. The van der Waals surface area contributed by atoms with Crippen molar-refractivity contribution in [3.05, 3.63) is 29.6 Å². The number of aromatic nitrogens is 4. The van der Waals surface area contributed by atoms with Crippen molar-refractivity contribution < 1.29 is 19.4 Å². The summed E-state index contributed by atoms with van der Waals surface area (Å²) in [6, 6.07) is 3.61. The van der Waals surface area contributed by atoms with Crippen molar-refractivity contribution in [2.45, 2.75) is 45.1 Å². The fourth-order valence-corrected chi connectivity index (χ4v) is 3.71. The first-order chi connectivity index (χ1) is 15.3. The lowest BCUT2D eigenvalue weighted by atomic mass is 9.85. The highest BCUT2D eigenvalue weighted by Crippen LogP contribution is 2.48. The molecule has 0 aromatic carbocycles. The van der Waals surface area contributed by atoms with E-state index >= 15 is 0 Å². The number of aryl methyl sites for hydroxylation is 1. The first-order valence-corrected chi connectivity index (χ1v) is 10.8. The van der Waals surface area contributed by atoms with E-state index in [1.54, 1.807) is 35.9 Å². The molecule has 32 heavy (non-hydrogen) atoms. The molecule has 2 heterocycles. The topological polar surface area (TPSA) is 110 Å². The second-order valence-electron chi connectivity index (χ2n) is 8.77. The Bertz CT molecular complexity index is 1060. The summed E-state index contributed by atoms with van der Waals surface area (Å²) < 4.78 is 7.06. The minimum atomic E-state index is -0.824. The Hall–Kier alpha value is -3.41. The molecule has 0 saturated heterocycles. The minimum Gasteiger partial charge on any atom is -0.481 e. The van der Waals surface area contributed by atoms with Crippen LogP contribution in [0, 0.1) is 23.2 Å². The highest BCUT2D eigenvalue weighted by atomic mass is 16.6. The van der Waals surface area contributed by atoms with E-state index in [-0.39, 0.29) is 19.1 Å². The van der Waals surface area contributed by atoms with Gasteiger partial charge in [0.1, 0.15) is 18.0 Å². The third-order valence-corrected chi connectivity index (χ3v) is 6.16. The normalized spacial score (nSPS) is 16.4. The van der Waals surface area contributed by atoms with Gasteiger partial charge in [0.15, 0.2) is 0 Å². The lowest BCUT2D eigenvalue weighted by Crippen LogP contribution is -2.34. The average molecular weight is 438 g/mol. The van der Waals surface area contributed by atoms with Crippen LogP contribution in [0.5, 0.6) is 0 Å². The van der Waals surface area contributed by atoms with E-state index in [1.807, 2.05) is 6.07 Å².